The molecule has 0 saturated carbocycles. The van der Waals surface area contributed by atoms with E-state index < -0.39 is 0 Å². The van der Waals surface area contributed by atoms with Crippen LogP contribution in [0.25, 0.3) is 0 Å². The first-order valence-corrected chi connectivity index (χ1v) is 9.31. The van der Waals surface area contributed by atoms with Gasteiger partial charge in [0.25, 0.3) is 0 Å². The third-order valence-corrected chi connectivity index (χ3v) is 4.35. The van der Waals surface area contributed by atoms with E-state index in [4.69, 9.17) is 4.74 Å². The number of hydrogen-bond acceptors (Lipinski definition) is 7. The van der Waals surface area contributed by atoms with Gasteiger partial charge in [-0.05, 0) is 61.4 Å². The summed E-state index contributed by atoms with van der Waals surface area (Å²) >= 11 is 0. The molecule has 9 heteroatoms. The van der Waals surface area contributed by atoms with E-state index in [0.29, 0.717) is 23.9 Å². The topological polar surface area (TPSA) is 84.0 Å². The third kappa shape index (κ3) is 5.35. The molecule has 2 heterocycles. The van der Waals surface area contributed by atoms with Crippen LogP contribution in [-0.2, 0) is 4.74 Å². The predicted molar refractivity (Wildman–Crippen MR) is 107 cm³/mol. The first-order valence-electron chi connectivity index (χ1n) is 9.31. The van der Waals surface area contributed by atoms with Crippen molar-refractivity contribution in [3.8, 4) is 0 Å². The van der Waals surface area contributed by atoms with Crippen LogP contribution in [0.3, 0.4) is 0 Å². The number of hydrogen-bond donors (Lipinski definition) is 3. The number of aromatic nitrogens is 3. The van der Waals surface area contributed by atoms with Crippen LogP contribution in [0.2, 0.25) is 0 Å². The van der Waals surface area contributed by atoms with Gasteiger partial charge < -0.3 is 20.7 Å². The van der Waals surface area contributed by atoms with Crippen LogP contribution in [0.15, 0.2) is 48.5 Å². The van der Waals surface area contributed by atoms with Crippen LogP contribution in [0.4, 0.5) is 38.0 Å². The van der Waals surface area contributed by atoms with Crippen molar-refractivity contribution in [2.24, 2.45) is 0 Å². The molecule has 0 radical (unpaired) electrons. The number of nitrogens with zero attached hydrogens (tertiary/aromatic N) is 3. The highest BCUT2D eigenvalue weighted by molar-refractivity contribution is 5.59. The Hall–Kier alpha value is -3.33. The lowest BCUT2D eigenvalue weighted by molar-refractivity contribution is 0.120. The molecular weight excluding hydrogens is 378 g/mol. The Labute approximate surface area is 166 Å². The Morgan fingerprint density at radius 2 is 1.31 bits per heavy atom. The van der Waals surface area contributed by atoms with Crippen LogP contribution in [0.1, 0.15) is 12.8 Å². The largest absolute Gasteiger partial charge is 0.376 e. The summed E-state index contributed by atoms with van der Waals surface area (Å²) < 4.78 is 31.9. The molecule has 3 N–H and O–H groups in total. The molecule has 0 amide bonds. The minimum Gasteiger partial charge on any atom is -0.376 e. The maximum Gasteiger partial charge on any atom is 0.233 e. The van der Waals surface area contributed by atoms with Gasteiger partial charge in [0.2, 0.25) is 17.8 Å². The minimum atomic E-state index is -0.330. The van der Waals surface area contributed by atoms with Gasteiger partial charge in [-0.15, -0.1) is 0 Å². The zero-order valence-corrected chi connectivity index (χ0v) is 15.5. The third-order valence-electron chi connectivity index (χ3n) is 4.35. The molecule has 1 aromatic heterocycles. The molecule has 3 aromatic rings. The lowest BCUT2D eigenvalue weighted by Gasteiger charge is -2.13. The summed E-state index contributed by atoms with van der Waals surface area (Å²) in [4.78, 5) is 13.1. The van der Waals surface area contributed by atoms with E-state index in [9.17, 15) is 8.78 Å². The molecule has 2 aromatic carbocycles. The first-order chi connectivity index (χ1) is 14.1. The fourth-order valence-electron chi connectivity index (χ4n) is 2.90. The summed E-state index contributed by atoms with van der Waals surface area (Å²) in [5.74, 6) is 0.273. The van der Waals surface area contributed by atoms with E-state index in [2.05, 4.69) is 30.9 Å². The Bertz CT molecular complexity index is 880. The van der Waals surface area contributed by atoms with E-state index in [1.54, 1.807) is 24.3 Å². The highest BCUT2D eigenvalue weighted by Gasteiger charge is 2.16. The molecule has 7 nitrogen and oxygen atoms in total. The van der Waals surface area contributed by atoms with Crippen LogP contribution < -0.4 is 16.0 Å². The Morgan fingerprint density at radius 1 is 0.793 bits per heavy atom. The van der Waals surface area contributed by atoms with Crippen LogP contribution in [0, 0.1) is 11.6 Å². The summed E-state index contributed by atoms with van der Waals surface area (Å²) in [6, 6.07) is 11.7. The molecule has 0 bridgehead atoms. The zero-order chi connectivity index (χ0) is 20.1. The molecule has 0 aliphatic carbocycles. The molecular formula is C20H20F2N6O. The average molecular weight is 398 g/mol. The van der Waals surface area contributed by atoms with Crippen LogP contribution >= 0.6 is 0 Å². The Balaban J connectivity index is 1.55. The molecule has 150 valence electrons. The normalized spacial score (nSPS) is 15.9. The number of ether oxygens (including phenoxy) is 1. The number of halogens is 2. The second-order valence-corrected chi connectivity index (χ2v) is 6.59. The smallest absolute Gasteiger partial charge is 0.233 e. The zero-order valence-electron chi connectivity index (χ0n) is 15.5. The maximum absolute atomic E-state index is 13.1. The number of benzene rings is 2. The standard InChI is InChI=1S/C20H20F2N6O/c21-13-3-7-15(8-4-13)24-19-26-18(23-12-17-2-1-11-29-17)27-20(28-19)25-16-9-5-14(22)6-10-16/h3-10,17H,1-2,11-12H2,(H3,23,24,25,26,27,28). The number of rotatable bonds is 7. The van der Waals surface area contributed by atoms with Gasteiger partial charge in [0.05, 0.1) is 6.10 Å². The molecule has 1 aliphatic heterocycles. The van der Waals surface area contributed by atoms with Gasteiger partial charge in [-0.25, -0.2) is 8.78 Å². The lowest BCUT2D eigenvalue weighted by Crippen LogP contribution is -2.20. The average Bonchev–Trinajstić information content (AvgIpc) is 3.24. The fraction of sp³-hybridized carbons (Fsp3) is 0.250. The summed E-state index contributed by atoms with van der Waals surface area (Å²) in [5.41, 5.74) is 1.27. The van der Waals surface area contributed by atoms with E-state index >= 15 is 0 Å². The SMILES string of the molecule is Fc1ccc(Nc2nc(NCC3CCCO3)nc(Nc3ccc(F)cc3)n2)cc1. The van der Waals surface area contributed by atoms with Crippen molar-refractivity contribution < 1.29 is 13.5 Å². The van der Waals surface area contributed by atoms with E-state index in [0.717, 1.165) is 19.4 Å². The first kappa shape index (κ1) is 19.0. The molecule has 1 aliphatic rings. The van der Waals surface area contributed by atoms with E-state index in [1.807, 2.05) is 0 Å². The van der Waals surface area contributed by atoms with Gasteiger partial charge >= 0.3 is 0 Å². The second kappa shape index (κ2) is 8.78. The van der Waals surface area contributed by atoms with Gasteiger partial charge in [-0.3, -0.25) is 0 Å². The maximum atomic E-state index is 13.1. The molecule has 1 atom stereocenters. The highest BCUT2D eigenvalue weighted by atomic mass is 19.1. The van der Waals surface area contributed by atoms with Gasteiger partial charge in [-0.2, -0.15) is 15.0 Å². The monoisotopic (exact) mass is 398 g/mol. The number of anilines is 5. The van der Waals surface area contributed by atoms with Gasteiger partial charge in [0, 0.05) is 24.5 Å². The molecule has 29 heavy (non-hydrogen) atoms. The quantitative estimate of drug-likeness (QED) is 0.549. The highest BCUT2D eigenvalue weighted by Crippen LogP contribution is 2.20. The van der Waals surface area contributed by atoms with Crippen molar-refractivity contribution in [2.75, 3.05) is 29.1 Å². The van der Waals surface area contributed by atoms with E-state index in [1.165, 1.54) is 24.3 Å². The van der Waals surface area contributed by atoms with Crippen LogP contribution in [-0.4, -0.2) is 34.2 Å². The van der Waals surface area contributed by atoms with Crippen molar-refractivity contribution in [3.05, 3.63) is 60.2 Å². The Kier molecular flexibility index (Phi) is 5.76. The lowest BCUT2D eigenvalue weighted by atomic mass is 10.2. The summed E-state index contributed by atoms with van der Waals surface area (Å²) in [6.07, 6.45) is 2.14. The molecule has 0 spiro atoms. The van der Waals surface area contributed by atoms with E-state index in [-0.39, 0.29) is 29.6 Å². The Morgan fingerprint density at radius 3 is 1.79 bits per heavy atom. The van der Waals surface area contributed by atoms with Crippen molar-refractivity contribution in [2.45, 2.75) is 18.9 Å². The molecule has 1 unspecified atom stereocenters. The van der Waals surface area contributed by atoms with Crippen molar-refractivity contribution >= 4 is 29.2 Å². The number of nitrogens with one attached hydrogen (secondary N) is 3. The van der Waals surface area contributed by atoms with Crippen molar-refractivity contribution in [1.29, 1.82) is 0 Å². The molecule has 4 rings (SSSR count). The van der Waals surface area contributed by atoms with Gasteiger partial charge in [0.15, 0.2) is 0 Å². The van der Waals surface area contributed by atoms with Gasteiger partial charge in [-0.1, -0.05) is 0 Å². The minimum absolute atomic E-state index is 0.119. The summed E-state index contributed by atoms with van der Waals surface area (Å²) in [5, 5.41) is 9.24. The molecule has 1 fully saturated rings. The van der Waals surface area contributed by atoms with Crippen LogP contribution in [0.5, 0.6) is 0 Å². The second-order valence-electron chi connectivity index (χ2n) is 6.59. The summed E-state index contributed by atoms with van der Waals surface area (Å²) in [7, 11) is 0. The van der Waals surface area contributed by atoms with Crippen molar-refractivity contribution in [3.63, 3.8) is 0 Å². The van der Waals surface area contributed by atoms with Gasteiger partial charge in [0.1, 0.15) is 11.6 Å². The fourth-order valence-corrected chi connectivity index (χ4v) is 2.90. The predicted octanol–water partition coefficient (Wildman–Crippen LogP) is 4.23. The van der Waals surface area contributed by atoms with Crippen molar-refractivity contribution in [1.82, 2.24) is 15.0 Å². The summed E-state index contributed by atoms with van der Waals surface area (Å²) in [6.45, 7) is 1.34. The molecule has 1 saturated heterocycles.